The molecular weight excluding hydrogens is 332 g/mol. The molecule has 0 unspecified atom stereocenters. The molecule has 0 aliphatic heterocycles. The van der Waals surface area contributed by atoms with Crippen molar-refractivity contribution in [2.45, 2.75) is 13.5 Å². The van der Waals surface area contributed by atoms with Gasteiger partial charge >= 0.3 is 0 Å². The third-order valence-corrected chi connectivity index (χ3v) is 3.80. The van der Waals surface area contributed by atoms with Crippen LogP contribution < -0.4 is 10.6 Å². The third kappa shape index (κ3) is 2.97. The zero-order valence-electron chi connectivity index (χ0n) is 11.5. The number of nitrogens with one attached hydrogen (secondary N) is 3. The molecule has 1 aromatic carbocycles. The van der Waals surface area contributed by atoms with Gasteiger partial charge in [0.25, 0.3) is 0 Å². The lowest BCUT2D eigenvalue weighted by atomic mass is 10.2. The number of rotatable bonds is 5. The van der Waals surface area contributed by atoms with Crippen LogP contribution in [0.15, 0.2) is 35.1 Å². The number of halogens is 1. The zero-order valence-corrected chi connectivity index (χ0v) is 13.1. The second kappa shape index (κ2) is 6.09. The van der Waals surface area contributed by atoms with E-state index in [1.807, 2.05) is 25.1 Å². The number of hydrogen-bond acceptors (Lipinski definition) is 5. The molecule has 21 heavy (non-hydrogen) atoms. The van der Waals surface area contributed by atoms with E-state index in [1.54, 1.807) is 6.33 Å². The van der Waals surface area contributed by atoms with Crippen LogP contribution in [0.5, 0.6) is 0 Å². The minimum absolute atomic E-state index is 0.576. The maximum Gasteiger partial charge on any atom is 0.226 e. The summed E-state index contributed by atoms with van der Waals surface area (Å²) in [6.45, 7) is 3.43. The van der Waals surface area contributed by atoms with E-state index in [2.05, 4.69) is 52.6 Å². The Labute approximate surface area is 130 Å². The Morgan fingerprint density at radius 3 is 2.86 bits per heavy atom. The van der Waals surface area contributed by atoms with Crippen LogP contribution in [0.2, 0.25) is 0 Å². The lowest BCUT2D eigenvalue weighted by molar-refractivity contribution is 1.06. The zero-order chi connectivity index (χ0) is 14.7. The summed E-state index contributed by atoms with van der Waals surface area (Å²) in [6, 6.07) is 8.09. The highest BCUT2D eigenvalue weighted by molar-refractivity contribution is 9.10. The fourth-order valence-corrected chi connectivity index (χ4v) is 2.44. The van der Waals surface area contributed by atoms with Gasteiger partial charge in [0.15, 0.2) is 11.5 Å². The maximum atomic E-state index is 4.49. The fourth-order valence-electron chi connectivity index (χ4n) is 2.02. The van der Waals surface area contributed by atoms with Crippen LogP contribution in [0, 0.1) is 0 Å². The van der Waals surface area contributed by atoms with Gasteiger partial charge in [-0.1, -0.05) is 34.1 Å². The van der Waals surface area contributed by atoms with E-state index in [0.29, 0.717) is 18.1 Å². The van der Waals surface area contributed by atoms with Gasteiger partial charge < -0.3 is 15.6 Å². The number of benzene rings is 1. The Morgan fingerprint density at radius 1 is 1.19 bits per heavy atom. The largest absolute Gasteiger partial charge is 0.364 e. The minimum Gasteiger partial charge on any atom is -0.364 e. The predicted octanol–water partition coefficient (Wildman–Crippen LogP) is 3.16. The molecule has 0 aliphatic carbocycles. The van der Waals surface area contributed by atoms with E-state index < -0.39 is 0 Å². The van der Waals surface area contributed by atoms with Crippen molar-refractivity contribution in [2.24, 2.45) is 0 Å². The van der Waals surface area contributed by atoms with Crippen LogP contribution in [-0.4, -0.2) is 26.5 Å². The predicted molar refractivity (Wildman–Crippen MR) is 87.3 cm³/mol. The van der Waals surface area contributed by atoms with Crippen molar-refractivity contribution in [3.8, 4) is 0 Å². The fraction of sp³-hybridized carbons (Fsp3) is 0.214. The summed E-state index contributed by atoms with van der Waals surface area (Å²) in [5, 5.41) is 6.45. The van der Waals surface area contributed by atoms with Gasteiger partial charge in [-0.3, -0.25) is 0 Å². The molecule has 0 spiro atoms. The number of fused-ring (bicyclic) bond motifs is 1. The number of aromatic amines is 1. The molecule has 3 rings (SSSR count). The molecule has 0 bridgehead atoms. The summed E-state index contributed by atoms with van der Waals surface area (Å²) in [5.74, 6) is 1.32. The Bertz CT molecular complexity index is 754. The number of hydrogen-bond donors (Lipinski definition) is 3. The molecule has 0 aliphatic rings. The topological polar surface area (TPSA) is 78.5 Å². The number of anilines is 2. The number of nitrogens with zero attached hydrogens (tertiary/aromatic N) is 3. The van der Waals surface area contributed by atoms with Gasteiger partial charge in [-0.15, -0.1) is 0 Å². The summed E-state index contributed by atoms with van der Waals surface area (Å²) >= 11 is 3.55. The molecule has 2 heterocycles. The highest BCUT2D eigenvalue weighted by Gasteiger charge is 2.09. The van der Waals surface area contributed by atoms with E-state index in [0.717, 1.165) is 27.9 Å². The standard InChI is InChI=1S/C14H15BrN6/c1-2-16-14-20-12(11-13(21-14)19-8-18-11)17-7-9-5-3-4-6-10(9)15/h3-6,8H,2,7H2,1H3,(H3,16,17,18,19,20,21). The van der Waals surface area contributed by atoms with E-state index in [-0.39, 0.29) is 0 Å². The number of imidazole rings is 1. The first-order valence-corrected chi connectivity index (χ1v) is 7.49. The second-order valence-corrected chi connectivity index (χ2v) is 5.33. The van der Waals surface area contributed by atoms with Crippen molar-refractivity contribution < 1.29 is 0 Å². The van der Waals surface area contributed by atoms with Crippen molar-refractivity contribution in [2.75, 3.05) is 17.2 Å². The summed E-state index contributed by atoms with van der Waals surface area (Å²) in [4.78, 5) is 16.1. The minimum atomic E-state index is 0.576. The Hall–Kier alpha value is -2.15. The van der Waals surface area contributed by atoms with Crippen molar-refractivity contribution in [1.82, 2.24) is 19.9 Å². The first kappa shape index (κ1) is 13.8. The van der Waals surface area contributed by atoms with Crippen LogP contribution in [0.3, 0.4) is 0 Å². The van der Waals surface area contributed by atoms with Gasteiger partial charge in [0.1, 0.15) is 5.52 Å². The monoisotopic (exact) mass is 346 g/mol. The van der Waals surface area contributed by atoms with Gasteiger partial charge in [-0.05, 0) is 18.6 Å². The van der Waals surface area contributed by atoms with Crippen LogP contribution in [0.25, 0.3) is 11.2 Å². The van der Waals surface area contributed by atoms with E-state index in [9.17, 15) is 0 Å². The average molecular weight is 347 g/mol. The molecule has 0 atom stereocenters. The van der Waals surface area contributed by atoms with Crippen LogP contribution >= 0.6 is 15.9 Å². The smallest absolute Gasteiger partial charge is 0.226 e. The van der Waals surface area contributed by atoms with Gasteiger partial charge in [0, 0.05) is 17.6 Å². The molecule has 0 saturated heterocycles. The van der Waals surface area contributed by atoms with Gasteiger partial charge in [-0.2, -0.15) is 9.97 Å². The second-order valence-electron chi connectivity index (χ2n) is 4.47. The van der Waals surface area contributed by atoms with Crippen molar-refractivity contribution in [3.63, 3.8) is 0 Å². The molecule has 3 N–H and O–H groups in total. The Balaban J connectivity index is 1.89. The first-order valence-electron chi connectivity index (χ1n) is 6.70. The molecule has 0 saturated carbocycles. The maximum absolute atomic E-state index is 4.49. The summed E-state index contributed by atoms with van der Waals surface area (Å²) in [5.41, 5.74) is 2.62. The number of aromatic nitrogens is 4. The van der Waals surface area contributed by atoms with Gasteiger partial charge in [-0.25, -0.2) is 4.98 Å². The van der Waals surface area contributed by atoms with Crippen molar-refractivity contribution >= 4 is 38.9 Å². The SMILES string of the molecule is CCNc1nc(NCc2ccccc2Br)c2[nH]cnc2n1. The average Bonchev–Trinajstić information content (AvgIpc) is 2.95. The summed E-state index contributed by atoms with van der Waals surface area (Å²) in [7, 11) is 0. The third-order valence-electron chi connectivity index (χ3n) is 3.02. The van der Waals surface area contributed by atoms with E-state index >= 15 is 0 Å². The highest BCUT2D eigenvalue weighted by atomic mass is 79.9. The molecular formula is C14H15BrN6. The molecule has 0 radical (unpaired) electrons. The van der Waals surface area contributed by atoms with Crippen LogP contribution in [-0.2, 0) is 6.54 Å². The van der Waals surface area contributed by atoms with Gasteiger partial charge in [0.2, 0.25) is 5.95 Å². The van der Waals surface area contributed by atoms with E-state index in [4.69, 9.17) is 0 Å². The lowest BCUT2D eigenvalue weighted by Crippen LogP contribution is -2.07. The molecule has 7 heteroatoms. The van der Waals surface area contributed by atoms with Crippen LogP contribution in [0.4, 0.5) is 11.8 Å². The summed E-state index contributed by atoms with van der Waals surface area (Å²) in [6.07, 6.45) is 1.62. The molecule has 6 nitrogen and oxygen atoms in total. The lowest BCUT2D eigenvalue weighted by Gasteiger charge is -2.09. The van der Waals surface area contributed by atoms with E-state index in [1.165, 1.54) is 0 Å². The molecule has 0 amide bonds. The normalized spacial score (nSPS) is 10.8. The first-order chi connectivity index (χ1) is 10.3. The van der Waals surface area contributed by atoms with Gasteiger partial charge in [0.05, 0.1) is 6.33 Å². The van der Waals surface area contributed by atoms with Crippen molar-refractivity contribution in [3.05, 3.63) is 40.6 Å². The van der Waals surface area contributed by atoms with Crippen molar-refractivity contribution in [1.29, 1.82) is 0 Å². The Kier molecular flexibility index (Phi) is 4.01. The molecule has 2 aromatic heterocycles. The number of H-pyrrole nitrogens is 1. The quantitative estimate of drug-likeness (QED) is 0.661. The summed E-state index contributed by atoms with van der Waals surface area (Å²) < 4.78 is 1.07. The van der Waals surface area contributed by atoms with Crippen LogP contribution in [0.1, 0.15) is 12.5 Å². The molecule has 3 aromatic rings. The highest BCUT2D eigenvalue weighted by Crippen LogP contribution is 2.21. The molecule has 0 fully saturated rings. The Morgan fingerprint density at radius 2 is 2.05 bits per heavy atom. The molecule has 108 valence electrons.